The van der Waals surface area contributed by atoms with E-state index in [2.05, 4.69) is 9.71 Å². The number of thiophene rings is 1. The van der Waals surface area contributed by atoms with E-state index in [0.29, 0.717) is 26.1 Å². The summed E-state index contributed by atoms with van der Waals surface area (Å²) in [5.74, 6) is 0.0241. The lowest BCUT2D eigenvalue weighted by Crippen LogP contribution is -2.41. The van der Waals surface area contributed by atoms with Gasteiger partial charge in [0.05, 0.1) is 35.7 Å². The highest BCUT2D eigenvalue weighted by Gasteiger charge is 2.29. The predicted molar refractivity (Wildman–Crippen MR) is 92.5 cm³/mol. The Kier molecular flexibility index (Phi) is 4.75. The summed E-state index contributed by atoms with van der Waals surface area (Å²) in [4.78, 5) is 19.5. The van der Waals surface area contributed by atoms with Crippen molar-refractivity contribution in [2.24, 2.45) is 0 Å². The minimum Gasteiger partial charge on any atom is -0.330 e. The van der Waals surface area contributed by atoms with Crippen molar-refractivity contribution in [2.45, 2.75) is 25.9 Å². The zero-order chi connectivity index (χ0) is 17.3. The number of amides is 1. The molecule has 0 spiro atoms. The Morgan fingerprint density at radius 2 is 2.29 bits per heavy atom. The quantitative estimate of drug-likeness (QED) is 0.864. The normalized spacial score (nSPS) is 17.8. The van der Waals surface area contributed by atoms with Crippen molar-refractivity contribution in [1.82, 2.24) is 19.2 Å². The van der Waals surface area contributed by atoms with E-state index in [-0.39, 0.29) is 11.9 Å². The third-order valence-corrected chi connectivity index (χ3v) is 5.84. The first-order chi connectivity index (χ1) is 11.3. The van der Waals surface area contributed by atoms with Crippen LogP contribution in [-0.4, -0.2) is 48.1 Å². The van der Waals surface area contributed by atoms with Gasteiger partial charge in [-0.2, -0.15) is 0 Å². The summed E-state index contributed by atoms with van der Waals surface area (Å²) >= 11 is 1.45. The van der Waals surface area contributed by atoms with Gasteiger partial charge in [0.25, 0.3) is 5.91 Å². The van der Waals surface area contributed by atoms with Gasteiger partial charge in [0, 0.05) is 19.3 Å². The minimum absolute atomic E-state index is 0.00900. The van der Waals surface area contributed by atoms with Crippen molar-refractivity contribution in [1.29, 1.82) is 0 Å². The van der Waals surface area contributed by atoms with Gasteiger partial charge in [-0.1, -0.05) is 0 Å². The molecule has 1 aliphatic heterocycles. The monoisotopic (exact) mass is 368 g/mol. The van der Waals surface area contributed by atoms with Gasteiger partial charge < -0.3 is 9.47 Å². The van der Waals surface area contributed by atoms with Crippen LogP contribution in [0.4, 0.5) is 0 Å². The maximum atomic E-state index is 12.8. The number of rotatable bonds is 5. The zero-order valence-corrected chi connectivity index (χ0v) is 15.2. The molecular formula is C15H20N4O3S2. The van der Waals surface area contributed by atoms with Crippen molar-refractivity contribution in [2.75, 3.05) is 19.3 Å². The van der Waals surface area contributed by atoms with Gasteiger partial charge in [0.2, 0.25) is 10.0 Å². The fourth-order valence-corrected chi connectivity index (χ4v) is 4.30. The molecule has 0 aliphatic carbocycles. The number of carbonyl (C=O) groups excluding carboxylic acids is 1. The fourth-order valence-electron chi connectivity index (χ4n) is 2.92. The number of fused-ring (bicyclic) bond motifs is 1. The van der Waals surface area contributed by atoms with E-state index in [1.807, 2.05) is 27.8 Å². The summed E-state index contributed by atoms with van der Waals surface area (Å²) < 4.78 is 27.0. The molecule has 0 bridgehead atoms. The van der Waals surface area contributed by atoms with E-state index in [0.717, 1.165) is 22.4 Å². The molecule has 1 amide bonds. The summed E-state index contributed by atoms with van der Waals surface area (Å²) in [6.45, 7) is 3.34. The lowest BCUT2D eigenvalue weighted by Gasteiger charge is -2.34. The highest BCUT2D eigenvalue weighted by Crippen LogP contribution is 2.26. The minimum atomic E-state index is -3.21. The lowest BCUT2D eigenvalue weighted by atomic mass is 10.1. The molecule has 7 nitrogen and oxygen atoms in total. The number of carbonyl (C=O) groups is 1. The van der Waals surface area contributed by atoms with Crippen LogP contribution in [0.2, 0.25) is 0 Å². The largest absolute Gasteiger partial charge is 0.330 e. The van der Waals surface area contributed by atoms with Crippen molar-refractivity contribution in [3.05, 3.63) is 40.1 Å². The van der Waals surface area contributed by atoms with Crippen LogP contribution in [0.3, 0.4) is 0 Å². The standard InChI is InChI=1S/C15H20N4O3S2/c1-11-4-6-23-14(11)15(20)18-8-12(3-5-17-24(2,21)22)19-10-16-7-13(19)9-18/h4,6-7,10,12,17H,3,5,8-9H2,1-2H3. The second-order valence-electron chi connectivity index (χ2n) is 6.02. The lowest BCUT2D eigenvalue weighted by molar-refractivity contribution is 0.0679. The number of aromatic nitrogens is 2. The number of hydrogen-bond donors (Lipinski definition) is 1. The third kappa shape index (κ3) is 3.68. The van der Waals surface area contributed by atoms with Crippen LogP contribution < -0.4 is 4.72 Å². The summed E-state index contributed by atoms with van der Waals surface area (Å²) in [6, 6.07) is 1.95. The Balaban J connectivity index is 1.76. The first kappa shape index (κ1) is 17.1. The number of imidazole rings is 1. The highest BCUT2D eigenvalue weighted by atomic mass is 32.2. The van der Waals surface area contributed by atoms with Gasteiger partial charge in [-0.3, -0.25) is 4.79 Å². The van der Waals surface area contributed by atoms with Crippen LogP contribution in [-0.2, 0) is 16.6 Å². The Hall–Kier alpha value is -1.71. The Morgan fingerprint density at radius 1 is 1.50 bits per heavy atom. The van der Waals surface area contributed by atoms with Crippen LogP contribution in [0.25, 0.3) is 0 Å². The Labute approximate surface area is 145 Å². The molecule has 0 saturated carbocycles. The van der Waals surface area contributed by atoms with Gasteiger partial charge in [-0.25, -0.2) is 18.1 Å². The topological polar surface area (TPSA) is 84.3 Å². The molecule has 0 radical (unpaired) electrons. The first-order valence-electron chi connectivity index (χ1n) is 7.64. The smallest absolute Gasteiger partial charge is 0.264 e. The second kappa shape index (κ2) is 6.66. The fraction of sp³-hybridized carbons (Fsp3) is 0.467. The van der Waals surface area contributed by atoms with Gasteiger partial charge in [-0.05, 0) is 30.4 Å². The average Bonchev–Trinajstić information content (AvgIpc) is 3.13. The summed E-state index contributed by atoms with van der Waals surface area (Å²) in [5.41, 5.74) is 1.95. The van der Waals surface area contributed by atoms with Crippen molar-refractivity contribution < 1.29 is 13.2 Å². The number of aryl methyl sites for hydroxylation is 1. The molecule has 0 saturated heterocycles. The highest BCUT2D eigenvalue weighted by molar-refractivity contribution is 7.88. The van der Waals surface area contributed by atoms with E-state index in [9.17, 15) is 13.2 Å². The van der Waals surface area contributed by atoms with E-state index >= 15 is 0 Å². The number of nitrogens with zero attached hydrogens (tertiary/aromatic N) is 3. The number of sulfonamides is 1. The molecule has 2 aromatic heterocycles. The SMILES string of the molecule is Cc1ccsc1C(=O)N1Cc2cncn2C(CCNS(C)(=O)=O)C1. The van der Waals surface area contributed by atoms with Crippen molar-refractivity contribution in [3.8, 4) is 0 Å². The molecule has 9 heteroatoms. The second-order valence-corrected chi connectivity index (χ2v) is 8.77. The molecule has 0 fully saturated rings. The molecule has 3 rings (SSSR count). The summed E-state index contributed by atoms with van der Waals surface area (Å²) in [6.07, 6.45) is 5.26. The third-order valence-electron chi connectivity index (χ3n) is 4.11. The molecule has 130 valence electrons. The molecular weight excluding hydrogens is 348 g/mol. The maximum Gasteiger partial charge on any atom is 0.264 e. The van der Waals surface area contributed by atoms with Gasteiger partial charge >= 0.3 is 0 Å². The molecule has 1 atom stereocenters. The molecule has 2 aromatic rings. The van der Waals surface area contributed by atoms with Gasteiger partial charge in [0.1, 0.15) is 0 Å². The van der Waals surface area contributed by atoms with Gasteiger partial charge in [-0.15, -0.1) is 11.3 Å². The van der Waals surface area contributed by atoms with Crippen molar-refractivity contribution in [3.63, 3.8) is 0 Å². The summed E-state index contributed by atoms with van der Waals surface area (Å²) in [5, 5.41) is 1.92. The van der Waals surface area contributed by atoms with E-state index < -0.39 is 10.0 Å². The number of hydrogen-bond acceptors (Lipinski definition) is 5. The van der Waals surface area contributed by atoms with E-state index in [4.69, 9.17) is 0 Å². The van der Waals surface area contributed by atoms with Crippen LogP contribution in [0, 0.1) is 6.92 Å². The van der Waals surface area contributed by atoms with Crippen LogP contribution in [0.1, 0.15) is 33.4 Å². The van der Waals surface area contributed by atoms with E-state index in [1.165, 1.54) is 11.3 Å². The molecule has 3 heterocycles. The van der Waals surface area contributed by atoms with Crippen molar-refractivity contribution >= 4 is 27.3 Å². The maximum absolute atomic E-state index is 12.8. The molecule has 0 aromatic carbocycles. The molecule has 24 heavy (non-hydrogen) atoms. The first-order valence-corrected chi connectivity index (χ1v) is 10.4. The van der Waals surface area contributed by atoms with Crippen LogP contribution >= 0.6 is 11.3 Å². The Morgan fingerprint density at radius 3 is 2.96 bits per heavy atom. The van der Waals surface area contributed by atoms with E-state index in [1.54, 1.807) is 12.5 Å². The Bertz CT molecular complexity index is 841. The molecule has 1 N–H and O–H groups in total. The molecule has 1 unspecified atom stereocenters. The summed E-state index contributed by atoms with van der Waals surface area (Å²) in [7, 11) is -3.21. The predicted octanol–water partition coefficient (Wildman–Crippen LogP) is 1.39. The van der Waals surface area contributed by atoms with Crippen LogP contribution in [0.5, 0.6) is 0 Å². The average molecular weight is 368 g/mol. The number of nitrogens with one attached hydrogen (secondary N) is 1. The van der Waals surface area contributed by atoms with Gasteiger partial charge in [0.15, 0.2) is 0 Å². The molecule has 1 aliphatic rings. The zero-order valence-electron chi connectivity index (χ0n) is 13.6. The van der Waals surface area contributed by atoms with Crippen LogP contribution in [0.15, 0.2) is 24.0 Å².